The zero-order valence-corrected chi connectivity index (χ0v) is 21.8. The number of piperazine rings is 1. The summed E-state index contributed by atoms with van der Waals surface area (Å²) in [6.45, 7) is 10.1. The number of ether oxygens (including phenoxy) is 1. The Morgan fingerprint density at radius 1 is 1.06 bits per heavy atom. The van der Waals surface area contributed by atoms with Gasteiger partial charge in [0.25, 0.3) is 0 Å². The van der Waals surface area contributed by atoms with Crippen molar-refractivity contribution in [3.8, 4) is 5.75 Å². The molecule has 0 spiro atoms. The maximum Gasteiger partial charge on any atom is 0.322 e. The lowest BCUT2D eigenvalue weighted by molar-refractivity contribution is -0.115. The molecule has 1 saturated heterocycles. The summed E-state index contributed by atoms with van der Waals surface area (Å²) in [5.74, 6) is 0.684. The molecule has 1 fully saturated rings. The van der Waals surface area contributed by atoms with Crippen molar-refractivity contribution in [3.63, 3.8) is 0 Å². The van der Waals surface area contributed by atoms with E-state index in [1.165, 1.54) is 0 Å². The van der Waals surface area contributed by atoms with Gasteiger partial charge in [-0.2, -0.15) is 0 Å². The maximum atomic E-state index is 12.8. The van der Waals surface area contributed by atoms with E-state index in [9.17, 15) is 9.59 Å². The van der Waals surface area contributed by atoms with Crippen LogP contribution in [0.1, 0.15) is 19.4 Å². The second kappa shape index (κ2) is 12.8. The van der Waals surface area contributed by atoms with Crippen LogP contribution < -0.4 is 20.3 Å². The number of allylic oxidation sites excluding steroid dienone is 4. The predicted molar refractivity (Wildman–Crippen MR) is 147 cm³/mol. The molecule has 0 bridgehead atoms. The van der Waals surface area contributed by atoms with Gasteiger partial charge in [-0.3, -0.25) is 4.79 Å². The average molecular weight is 509 g/mol. The van der Waals surface area contributed by atoms with Crippen LogP contribution in [0.4, 0.5) is 16.2 Å². The van der Waals surface area contributed by atoms with E-state index in [0.717, 1.165) is 22.7 Å². The van der Waals surface area contributed by atoms with Gasteiger partial charge in [0.05, 0.1) is 24.3 Å². The highest BCUT2D eigenvalue weighted by Crippen LogP contribution is 2.21. The van der Waals surface area contributed by atoms with Crippen LogP contribution in [0.15, 0.2) is 83.6 Å². The Morgan fingerprint density at radius 3 is 2.25 bits per heavy atom. The Morgan fingerprint density at radius 2 is 1.69 bits per heavy atom. The standard InChI is InChI=1S/C28H33ClN4O3/c1-5-6-25(29)27(20(2)3)31-28(35)33-17-15-32(16-18-33)23-11-9-22(10-12-23)30-26(34)19-21-7-13-24(36-4)14-8-21/h5-14H,2,15-19H2,1,3-4H3,(H,30,34)(H,31,35)/b6-5-,27-25-. The molecule has 1 aliphatic rings. The van der Waals surface area contributed by atoms with Gasteiger partial charge < -0.3 is 25.2 Å². The monoisotopic (exact) mass is 508 g/mol. The van der Waals surface area contributed by atoms with Crippen LogP contribution in [-0.4, -0.2) is 50.1 Å². The third kappa shape index (κ3) is 7.39. The van der Waals surface area contributed by atoms with E-state index in [2.05, 4.69) is 22.1 Å². The maximum absolute atomic E-state index is 12.8. The van der Waals surface area contributed by atoms with Gasteiger partial charge in [-0.25, -0.2) is 4.79 Å². The van der Waals surface area contributed by atoms with Crippen molar-refractivity contribution >= 4 is 34.9 Å². The second-order valence-corrected chi connectivity index (χ2v) is 8.93. The van der Waals surface area contributed by atoms with Gasteiger partial charge in [0, 0.05) is 37.6 Å². The largest absolute Gasteiger partial charge is 0.497 e. The van der Waals surface area contributed by atoms with Crippen LogP contribution in [0, 0.1) is 0 Å². The van der Waals surface area contributed by atoms with Crippen molar-refractivity contribution in [2.45, 2.75) is 20.3 Å². The van der Waals surface area contributed by atoms with E-state index in [4.69, 9.17) is 16.3 Å². The predicted octanol–water partition coefficient (Wildman–Crippen LogP) is 5.31. The quantitative estimate of drug-likeness (QED) is 0.474. The van der Waals surface area contributed by atoms with Crippen molar-refractivity contribution in [1.29, 1.82) is 0 Å². The second-order valence-electron chi connectivity index (χ2n) is 8.53. The Labute approximate surface area is 218 Å². The average Bonchev–Trinajstić information content (AvgIpc) is 2.88. The number of anilines is 2. The topological polar surface area (TPSA) is 73.9 Å². The van der Waals surface area contributed by atoms with Gasteiger partial charge in [-0.1, -0.05) is 36.4 Å². The van der Waals surface area contributed by atoms with Crippen LogP contribution in [-0.2, 0) is 11.2 Å². The molecule has 2 aromatic carbocycles. The number of amides is 3. The number of halogens is 1. The van der Waals surface area contributed by atoms with E-state index in [1.54, 1.807) is 18.1 Å². The molecule has 0 radical (unpaired) electrons. The van der Waals surface area contributed by atoms with Crippen LogP contribution in [0.2, 0.25) is 0 Å². The van der Waals surface area contributed by atoms with Crippen molar-refractivity contribution in [1.82, 2.24) is 10.2 Å². The number of hydrogen-bond acceptors (Lipinski definition) is 4. The number of hydrogen-bond donors (Lipinski definition) is 2. The first-order valence-corrected chi connectivity index (χ1v) is 12.2. The molecule has 0 aromatic heterocycles. The van der Waals surface area contributed by atoms with Gasteiger partial charge in [-0.05, 0) is 67.5 Å². The molecule has 2 aromatic rings. The number of benzene rings is 2. The molecule has 1 aliphatic heterocycles. The molecule has 2 N–H and O–H groups in total. The fraction of sp³-hybridized carbons (Fsp3) is 0.286. The van der Waals surface area contributed by atoms with Gasteiger partial charge >= 0.3 is 6.03 Å². The van der Waals surface area contributed by atoms with Gasteiger partial charge in [-0.15, -0.1) is 0 Å². The van der Waals surface area contributed by atoms with Crippen molar-refractivity contribution in [3.05, 3.63) is 89.1 Å². The summed E-state index contributed by atoms with van der Waals surface area (Å²) in [6, 6.07) is 15.0. The number of nitrogens with one attached hydrogen (secondary N) is 2. The summed E-state index contributed by atoms with van der Waals surface area (Å²) in [5, 5.41) is 6.28. The highest BCUT2D eigenvalue weighted by atomic mass is 35.5. The van der Waals surface area contributed by atoms with E-state index >= 15 is 0 Å². The molecule has 8 heteroatoms. The van der Waals surface area contributed by atoms with Crippen LogP contribution >= 0.6 is 11.6 Å². The fourth-order valence-electron chi connectivity index (χ4n) is 3.84. The van der Waals surface area contributed by atoms with E-state index in [1.807, 2.05) is 68.5 Å². The van der Waals surface area contributed by atoms with Crippen LogP contribution in [0.25, 0.3) is 0 Å². The lowest BCUT2D eigenvalue weighted by Crippen LogP contribution is -2.51. The minimum atomic E-state index is -0.190. The first-order chi connectivity index (χ1) is 17.3. The summed E-state index contributed by atoms with van der Waals surface area (Å²) >= 11 is 6.28. The van der Waals surface area contributed by atoms with E-state index in [-0.39, 0.29) is 18.4 Å². The lowest BCUT2D eigenvalue weighted by Gasteiger charge is -2.36. The summed E-state index contributed by atoms with van der Waals surface area (Å²) < 4.78 is 5.15. The van der Waals surface area contributed by atoms with E-state index in [0.29, 0.717) is 42.5 Å². The van der Waals surface area contributed by atoms with E-state index < -0.39 is 0 Å². The molecule has 190 valence electrons. The van der Waals surface area contributed by atoms with Crippen LogP contribution in [0.5, 0.6) is 5.75 Å². The molecule has 36 heavy (non-hydrogen) atoms. The van der Waals surface area contributed by atoms with Gasteiger partial charge in [0.2, 0.25) is 5.91 Å². The lowest BCUT2D eigenvalue weighted by atomic mass is 10.1. The molecule has 3 rings (SSSR count). The molecule has 0 aliphatic carbocycles. The van der Waals surface area contributed by atoms with Gasteiger partial charge in [0.1, 0.15) is 5.75 Å². The molecule has 3 amide bonds. The zero-order chi connectivity index (χ0) is 26.1. The third-order valence-corrected chi connectivity index (χ3v) is 6.13. The number of nitrogens with zero attached hydrogens (tertiary/aromatic N) is 2. The van der Waals surface area contributed by atoms with Crippen LogP contribution in [0.3, 0.4) is 0 Å². The summed E-state index contributed by atoms with van der Waals surface area (Å²) in [5.41, 5.74) is 3.93. The zero-order valence-electron chi connectivity index (χ0n) is 21.0. The van der Waals surface area contributed by atoms with Crippen molar-refractivity contribution in [2.24, 2.45) is 0 Å². The molecule has 7 nitrogen and oxygen atoms in total. The SMILES string of the molecule is C=C(C)/C(NC(=O)N1CCN(c2ccc(NC(=O)Cc3ccc(OC)cc3)cc2)CC1)=C(Cl)\C=C/C. The fourth-order valence-corrected chi connectivity index (χ4v) is 4.18. The highest BCUT2D eigenvalue weighted by molar-refractivity contribution is 6.31. The summed E-state index contributed by atoms with van der Waals surface area (Å²) in [7, 11) is 1.61. The number of rotatable bonds is 8. The number of methoxy groups -OCH3 is 1. The summed E-state index contributed by atoms with van der Waals surface area (Å²) in [4.78, 5) is 29.2. The minimum Gasteiger partial charge on any atom is -0.497 e. The number of carbonyl (C=O) groups is 2. The molecular weight excluding hydrogens is 476 g/mol. The normalized spacial score (nSPS) is 14.3. The molecule has 1 heterocycles. The third-order valence-electron chi connectivity index (χ3n) is 5.82. The molecule has 0 saturated carbocycles. The Bertz CT molecular complexity index is 1130. The number of urea groups is 1. The highest BCUT2D eigenvalue weighted by Gasteiger charge is 2.22. The summed E-state index contributed by atoms with van der Waals surface area (Å²) in [6.07, 6.45) is 3.83. The Hall–Kier alpha value is -3.71. The Balaban J connectivity index is 1.51. The van der Waals surface area contributed by atoms with Gasteiger partial charge in [0.15, 0.2) is 0 Å². The Kier molecular flexibility index (Phi) is 9.59. The van der Waals surface area contributed by atoms with Crippen molar-refractivity contribution < 1.29 is 14.3 Å². The molecule has 0 atom stereocenters. The minimum absolute atomic E-state index is 0.0785. The smallest absolute Gasteiger partial charge is 0.322 e. The first-order valence-electron chi connectivity index (χ1n) is 11.8. The molecule has 0 unspecified atom stereocenters. The number of carbonyl (C=O) groups excluding carboxylic acids is 2. The first kappa shape index (κ1) is 26.9. The van der Waals surface area contributed by atoms with Crippen molar-refractivity contribution in [2.75, 3.05) is 43.5 Å². The molecular formula is C28H33ClN4O3.